The van der Waals surface area contributed by atoms with Crippen molar-refractivity contribution >= 4 is 5.97 Å². The monoisotopic (exact) mass is 452 g/mol. The third-order valence-electron chi connectivity index (χ3n) is 12.2. The maximum Gasteiger partial charge on any atom is 0.310 e. The van der Waals surface area contributed by atoms with E-state index in [9.17, 15) is 15.0 Å². The zero-order chi connectivity index (χ0) is 24.2. The Bertz CT molecular complexity index is 958. The highest BCUT2D eigenvalue weighted by atomic mass is 16.4. The molecule has 0 aliphatic heterocycles. The Hall–Kier alpha value is -1.35. The van der Waals surface area contributed by atoms with Crippen molar-refractivity contribution in [1.82, 2.24) is 0 Å². The number of carboxylic acid groups (broad SMARTS) is 1. The van der Waals surface area contributed by atoms with Gasteiger partial charge >= 0.3 is 5.97 Å². The van der Waals surface area contributed by atoms with Gasteiger partial charge in [-0.3, -0.25) is 4.79 Å². The summed E-state index contributed by atoms with van der Waals surface area (Å²) in [7, 11) is 0. The number of carbonyl (C=O) groups is 1. The van der Waals surface area contributed by atoms with Crippen molar-refractivity contribution < 1.29 is 15.0 Å². The van der Waals surface area contributed by atoms with Gasteiger partial charge in [0.15, 0.2) is 0 Å². The Morgan fingerprint density at radius 1 is 1.06 bits per heavy atom. The largest absolute Gasteiger partial charge is 0.481 e. The molecule has 0 saturated heterocycles. The highest BCUT2D eigenvalue weighted by molar-refractivity contribution is 5.77. The predicted molar refractivity (Wildman–Crippen MR) is 132 cm³/mol. The highest BCUT2D eigenvalue weighted by Gasteiger charge is 2.69. The summed E-state index contributed by atoms with van der Waals surface area (Å²) >= 11 is 0. The van der Waals surface area contributed by atoms with Crippen LogP contribution in [0, 0.1) is 50.7 Å². The van der Waals surface area contributed by atoms with Crippen LogP contribution < -0.4 is 0 Å². The molecule has 0 aromatic heterocycles. The first kappa shape index (κ1) is 23.4. The molecule has 0 bridgehead atoms. The summed E-state index contributed by atoms with van der Waals surface area (Å²) in [6.45, 7) is 18.3. The summed E-state index contributed by atoms with van der Waals surface area (Å²) in [5, 5.41) is 21.3. The van der Waals surface area contributed by atoms with Gasteiger partial charge in [-0.15, -0.1) is 0 Å². The zero-order valence-electron chi connectivity index (χ0n) is 21.6. The van der Waals surface area contributed by atoms with E-state index in [1.54, 1.807) is 0 Å². The zero-order valence-corrected chi connectivity index (χ0v) is 21.6. The van der Waals surface area contributed by atoms with Crippen LogP contribution in [0.1, 0.15) is 86.5 Å². The average Bonchev–Trinajstić information content (AvgIpc) is 3.13. The number of hydrogen-bond donors (Lipinski definition) is 2. The van der Waals surface area contributed by atoms with E-state index in [4.69, 9.17) is 0 Å². The maximum absolute atomic E-state index is 12.7. The lowest BCUT2D eigenvalue weighted by atomic mass is 9.36. The number of aliphatic hydroxyl groups is 1. The van der Waals surface area contributed by atoms with E-state index in [-0.39, 0.29) is 39.6 Å². The third kappa shape index (κ3) is 2.64. The topological polar surface area (TPSA) is 57.5 Å². The van der Waals surface area contributed by atoms with E-state index in [2.05, 4.69) is 66.3 Å². The Balaban J connectivity index is 1.64. The molecule has 0 aromatic rings. The van der Waals surface area contributed by atoms with Crippen LogP contribution in [0.25, 0.3) is 0 Å². The van der Waals surface area contributed by atoms with Crippen molar-refractivity contribution in [2.75, 3.05) is 0 Å². The van der Waals surface area contributed by atoms with Gasteiger partial charge in [-0.1, -0.05) is 70.6 Å². The van der Waals surface area contributed by atoms with Crippen molar-refractivity contribution in [3.8, 4) is 0 Å². The van der Waals surface area contributed by atoms with E-state index in [0.717, 1.165) is 50.5 Å². The van der Waals surface area contributed by atoms with Gasteiger partial charge in [0.1, 0.15) is 0 Å². The van der Waals surface area contributed by atoms with Gasteiger partial charge in [0.05, 0.1) is 11.5 Å². The number of aliphatic carboxylic acids is 1. The number of fused-ring (bicyclic) bond motifs is 7. The smallest absolute Gasteiger partial charge is 0.310 e. The molecule has 0 radical (unpaired) electrons. The van der Waals surface area contributed by atoms with Crippen LogP contribution >= 0.6 is 0 Å². The van der Waals surface area contributed by atoms with Gasteiger partial charge in [0.25, 0.3) is 0 Å². The molecule has 3 nitrogen and oxygen atoms in total. The summed E-state index contributed by atoms with van der Waals surface area (Å²) in [5.74, 6) is 0.615. The van der Waals surface area contributed by atoms with Crippen LogP contribution in [0.3, 0.4) is 0 Å². The molecule has 2 N–H and O–H groups in total. The van der Waals surface area contributed by atoms with E-state index >= 15 is 0 Å². The number of rotatable bonds is 2. The Labute approximate surface area is 200 Å². The molecule has 0 unspecified atom stereocenters. The molecule has 0 amide bonds. The molecule has 0 spiro atoms. The minimum absolute atomic E-state index is 0.00637. The Morgan fingerprint density at radius 2 is 1.76 bits per heavy atom. The van der Waals surface area contributed by atoms with E-state index < -0.39 is 11.4 Å². The van der Waals surface area contributed by atoms with Gasteiger partial charge in [0.2, 0.25) is 0 Å². The predicted octanol–water partition coefficient (Wildman–Crippen LogP) is 6.79. The molecular weight excluding hydrogens is 408 g/mol. The molecule has 5 aliphatic carbocycles. The molecule has 3 saturated carbocycles. The lowest BCUT2D eigenvalue weighted by Crippen LogP contribution is -2.62. The fourth-order valence-corrected chi connectivity index (χ4v) is 10.0. The first-order chi connectivity index (χ1) is 15.3. The number of carboxylic acids is 1. The van der Waals surface area contributed by atoms with Crippen molar-refractivity contribution in [2.24, 2.45) is 50.7 Å². The summed E-state index contributed by atoms with van der Waals surface area (Å²) in [4.78, 5) is 12.7. The Kier molecular flexibility index (Phi) is 4.87. The third-order valence-corrected chi connectivity index (χ3v) is 12.2. The second-order valence-electron chi connectivity index (χ2n) is 13.7. The lowest BCUT2D eigenvalue weighted by Gasteiger charge is -2.68. The number of allylic oxidation sites excluding steroid dienone is 5. The number of hydrogen-bond acceptors (Lipinski definition) is 2. The molecular formula is C30H44O3. The molecule has 5 rings (SSSR count). The van der Waals surface area contributed by atoms with E-state index in [1.807, 2.05) is 0 Å². The van der Waals surface area contributed by atoms with Crippen LogP contribution in [-0.4, -0.2) is 22.3 Å². The molecule has 0 aromatic carbocycles. The highest BCUT2D eigenvalue weighted by Crippen LogP contribution is 2.74. The second-order valence-corrected chi connectivity index (χ2v) is 13.7. The molecule has 33 heavy (non-hydrogen) atoms. The van der Waals surface area contributed by atoms with Crippen molar-refractivity contribution in [2.45, 2.75) is 92.6 Å². The molecule has 182 valence electrons. The first-order valence-corrected chi connectivity index (χ1v) is 13.2. The van der Waals surface area contributed by atoms with Gasteiger partial charge in [-0.2, -0.15) is 0 Å². The normalized spacial score (nSPS) is 52.1. The van der Waals surface area contributed by atoms with E-state index in [1.165, 1.54) is 5.57 Å². The van der Waals surface area contributed by atoms with Crippen molar-refractivity contribution in [1.29, 1.82) is 0 Å². The first-order valence-electron chi connectivity index (χ1n) is 13.2. The summed E-state index contributed by atoms with van der Waals surface area (Å²) in [6, 6.07) is 0. The van der Waals surface area contributed by atoms with E-state index in [0.29, 0.717) is 11.8 Å². The van der Waals surface area contributed by atoms with Crippen molar-refractivity contribution in [3.63, 3.8) is 0 Å². The quantitative estimate of drug-likeness (QED) is 0.454. The Morgan fingerprint density at radius 3 is 2.39 bits per heavy atom. The van der Waals surface area contributed by atoms with Crippen molar-refractivity contribution in [3.05, 3.63) is 36.0 Å². The number of aliphatic hydroxyl groups excluding tert-OH is 1. The molecule has 5 aliphatic rings. The van der Waals surface area contributed by atoms with Crippen LogP contribution in [-0.2, 0) is 4.79 Å². The maximum atomic E-state index is 12.7. The summed E-state index contributed by atoms with van der Waals surface area (Å²) < 4.78 is 0. The fourth-order valence-electron chi connectivity index (χ4n) is 10.0. The summed E-state index contributed by atoms with van der Waals surface area (Å²) in [5.41, 5.74) is 1.91. The molecule has 9 atom stereocenters. The van der Waals surface area contributed by atoms with Crippen LogP contribution in [0.2, 0.25) is 0 Å². The standard InChI is InChI=1S/C30H44O3/c1-18(2)19-10-15-30(25(32)33)17-16-28(6)20(24(19)30)8-9-22-27(5)13-12-23(31)26(3,4)21(27)11-14-29(22,28)7/h8,11,14,19,21-24,31H,1,9-10,12-13,15-17H2,2-7H3,(H,32,33)/t19-,21+,22+,23-,24+,27-,28+,29+,30-/m0/s1. The molecule has 3 heteroatoms. The fraction of sp³-hybridized carbons (Fsp3) is 0.767. The van der Waals surface area contributed by atoms with Crippen LogP contribution in [0.4, 0.5) is 0 Å². The van der Waals surface area contributed by atoms with Gasteiger partial charge in [0, 0.05) is 5.92 Å². The second kappa shape index (κ2) is 6.86. The molecule has 0 heterocycles. The minimum Gasteiger partial charge on any atom is -0.481 e. The summed E-state index contributed by atoms with van der Waals surface area (Å²) in [6.07, 6.45) is 13.6. The minimum atomic E-state index is -0.625. The average molecular weight is 453 g/mol. The van der Waals surface area contributed by atoms with Gasteiger partial charge in [-0.25, -0.2) is 0 Å². The molecule has 3 fully saturated rings. The van der Waals surface area contributed by atoms with Gasteiger partial charge in [-0.05, 0) is 91.3 Å². The lowest BCUT2D eigenvalue weighted by molar-refractivity contribution is -0.162. The SMILES string of the molecule is C=C(C)[C@@H]1CC[C@]2(C(=O)O)CC[C@]3(C)C(=CC[C@@H]4[C@@]5(C)CC[C@H](O)C(C)(C)[C@H]5C=C[C@]43C)[C@@H]12. The van der Waals surface area contributed by atoms with Gasteiger partial charge < -0.3 is 10.2 Å². The van der Waals surface area contributed by atoms with Crippen LogP contribution in [0.15, 0.2) is 36.0 Å². The van der Waals surface area contributed by atoms with Crippen LogP contribution in [0.5, 0.6) is 0 Å².